The van der Waals surface area contributed by atoms with Crippen molar-refractivity contribution in [2.75, 3.05) is 33.4 Å². The predicted molar refractivity (Wildman–Crippen MR) is 77.0 cm³/mol. The number of hydrogen-bond acceptors (Lipinski definition) is 2. The van der Waals surface area contributed by atoms with Gasteiger partial charge in [0.15, 0.2) is 5.96 Å². The van der Waals surface area contributed by atoms with Crippen molar-refractivity contribution < 1.29 is 4.74 Å². The summed E-state index contributed by atoms with van der Waals surface area (Å²) in [4.78, 5) is 4.21. The standard InChI is InChI=1S/C14H29N3O/c1-4-12(5-2)10-17-14(15-3)16-8-9-18-11-13-6-7-13/h12-13H,4-11H2,1-3H3,(H2,15,16,17). The smallest absolute Gasteiger partial charge is 0.191 e. The van der Waals surface area contributed by atoms with E-state index in [-0.39, 0.29) is 0 Å². The van der Waals surface area contributed by atoms with Crippen LogP contribution in [0.3, 0.4) is 0 Å². The van der Waals surface area contributed by atoms with Crippen molar-refractivity contribution in [2.24, 2.45) is 16.8 Å². The summed E-state index contributed by atoms with van der Waals surface area (Å²) >= 11 is 0. The van der Waals surface area contributed by atoms with Crippen LogP contribution < -0.4 is 10.6 Å². The van der Waals surface area contributed by atoms with Crippen LogP contribution in [0.4, 0.5) is 0 Å². The van der Waals surface area contributed by atoms with Gasteiger partial charge in [0.25, 0.3) is 0 Å². The fourth-order valence-electron chi connectivity index (χ4n) is 1.82. The molecular weight excluding hydrogens is 226 g/mol. The van der Waals surface area contributed by atoms with Gasteiger partial charge >= 0.3 is 0 Å². The maximum Gasteiger partial charge on any atom is 0.191 e. The van der Waals surface area contributed by atoms with Crippen molar-refractivity contribution in [1.82, 2.24) is 10.6 Å². The topological polar surface area (TPSA) is 45.7 Å². The SMILES string of the molecule is CCC(CC)CNC(=NC)NCCOCC1CC1. The average Bonchev–Trinajstić information content (AvgIpc) is 3.21. The van der Waals surface area contributed by atoms with E-state index in [1.807, 2.05) is 7.05 Å². The maximum atomic E-state index is 5.58. The first-order valence-corrected chi connectivity index (χ1v) is 7.32. The van der Waals surface area contributed by atoms with Crippen LogP contribution >= 0.6 is 0 Å². The molecule has 0 heterocycles. The average molecular weight is 255 g/mol. The molecule has 4 nitrogen and oxygen atoms in total. The van der Waals surface area contributed by atoms with Gasteiger partial charge in [-0.05, 0) is 24.7 Å². The molecule has 106 valence electrons. The maximum absolute atomic E-state index is 5.58. The predicted octanol–water partition coefficient (Wildman–Crippen LogP) is 2.01. The summed E-state index contributed by atoms with van der Waals surface area (Å²) < 4.78 is 5.58. The van der Waals surface area contributed by atoms with Crippen LogP contribution in [0.25, 0.3) is 0 Å². The monoisotopic (exact) mass is 255 g/mol. The summed E-state index contributed by atoms with van der Waals surface area (Å²) in [5.74, 6) is 2.46. The normalized spacial score (nSPS) is 16.1. The quantitative estimate of drug-likeness (QED) is 0.376. The molecule has 0 aromatic heterocycles. The lowest BCUT2D eigenvalue weighted by atomic mass is 10.0. The molecule has 0 aromatic carbocycles. The second-order valence-electron chi connectivity index (χ2n) is 5.08. The Balaban J connectivity index is 2.01. The molecule has 0 aliphatic heterocycles. The van der Waals surface area contributed by atoms with Gasteiger partial charge in [0.1, 0.15) is 0 Å². The summed E-state index contributed by atoms with van der Waals surface area (Å²) in [6.07, 6.45) is 5.13. The Morgan fingerprint density at radius 1 is 1.28 bits per heavy atom. The molecule has 0 saturated heterocycles. The van der Waals surface area contributed by atoms with Gasteiger partial charge in [-0.3, -0.25) is 4.99 Å². The van der Waals surface area contributed by atoms with E-state index in [1.54, 1.807) is 0 Å². The van der Waals surface area contributed by atoms with E-state index >= 15 is 0 Å². The zero-order valence-corrected chi connectivity index (χ0v) is 12.2. The fraction of sp³-hybridized carbons (Fsp3) is 0.929. The third kappa shape index (κ3) is 6.84. The van der Waals surface area contributed by atoms with Gasteiger partial charge in [0.05, 0.1) is 6.61 Å². The summed E-state index contributed by atoms with van der Waals surface area (Å²) in [5, 5.41) is 6.65. The van der Waals surface area contributed by atoms with Gasteiger partial charge < -0.3 is 15.4 Å². The molecule has 2 N–H and O–H groups in total. The third-order valence-electron chi connectivity index (χ3n) is 3.53. The Labute approximate surface area is 112 Å². The van der Waals surface area contributed by atoms with E-state index in [0.717, 1.165) is 44.1 Å². The summed E-state index contributed by atoms with van der Waals surface area (Å²) in [7, 11) is 1.81. The highest BCUT2D eigenvalue weighted by Gasteiger charge is 2.20. The minimum absolute atomic E-state index is 0.731. The van der Waals surface area contributed by atoms with Gasteiger partial charge in [0.2, 0.25) is 0 Å². The minimum atomic E-state index is 0.731. The van der Waals surface area contributed by atoms with Crippen LogP contribution in [0.5, 0.6) is 0 Å². The van der Waals surface area contributed by atoms with Gasteiger partial charge in [-0.15, -0.1) is 0 Å². The largest absolute Gasteiger partial charge is 0.379 e. The lowest BCUT2D eigenvalue weighted by molar-refractivity contribution is 0.129. The lowest BCUT2D eigenvalue weighted by Gasteiger charge is -2.16. The molecule has 0 spiro atoms. The Kier molecular flexibility index (Phi) is 7.81. The molecular formula is C14H29N3O. The van der Waals surface area contributed by atoms with Crippen molar-refractivity contribution in [1.29, 1.82) is 0 Å². The molecule has 0 atom stereocenters. The van der Waals surface area contributed by atoms with E-state index in [1.165, 1.54) is 25.7 Å². The molecule has 1 rings (SSSR count). The summed E-state index contributed by atoms with van der Waals surface area (Å²) in [6, 6.07) is 0. The zero-order chi connectivity index (χ0) is 13.2. The molecule has 1 aliphatic carbocycles. The molecule has 0 unspecified atom stereocenters. The first-order valence-electron chi connectivity index (χ1n) is 7.32. The van der Waals surface area contributed by atoms with Crippen LogP contribution in [0.1, 0.15) is 39.5 Å². The van der Waals surface area contributed by atoms with E-state index in [2.05, 4.69) is 29.5 Å². The number of hydrogen-bond donors (Lipinski definition) is 2. The van der Waals surface area contributed by atoms with Gasteiger partial charge in [-0.25, -0.2) is 0 Å². The van der Waals surface area contributed by atoms with Gasteiger partial charge in [0, 0.05) is 26.7 Å². The third-order valence-corrected chi connectivity index (χ3v) is 3.53. The zero-order valence-electron chi connectivity index (χ0n) is 12.2. The Morgan fingerprint density at radius 2 is 2.00 bits per heavy atom. The number of rotatable bonds is 9. The van der Waals surface area contributed by atoms with Crippen LogP contribution in [-0.4, -0.2) is 39.3 Å². The summed E-state index contributed by atoms with van der Waals surface area (Å²) in [5.41, 5.74) is 0. The van der Waals surface area contributed by atoms with E-state index in [9.17, 15) is 0 Å². The Morgan fingerprint density at radius 3 is 2.56 bits per heavy atom. The lowest BCUT2D eigenvalue weighted by Crippen LogP contribution is -2.41. The Bertz CT molecular complexity index is 235. The highest BCUT2D eigenvalue weighted by atomic mass is 16.5. The number of ether oxygens (including phenoxy) is 1. The number of guanidine groups is 1. The number of nitrogens with one attached hydrogen (secondary N) is 2. The van der Waals surface area contributed by atoms with Crippen molar-refractivity contribution in [3.05, 3.63) is 0 Å². The highest BCUT2D eigenvalue weighted by Crippen LogP contribution is 2.28. The van der Waals surface area contributed by atoms with Gasteiger partial charge in [-0.2, -0.15) is 0 Å². The van der Waals surface area contributed by atoms with Crippen molar-refractivity contribution in [3.8, 4) is 0 Å². The molecule has 0 amide bonds. The van der Waals surface area contributed by atoms with Crippen LogP contribution in [-0.2, 0) is 4.74 Å². The number of nitrogens with zero attached hydrogens (tertiary/aromatic N) is 1. The summed E-state index contributed by atoms with van der Waals surface area (Å²) in [6.45, 7) is 7.99. The highest BCUT2D eigenvalue weighted by molar-refractivity contribution is 5.79. The molecule has 0 bridgehead atoms. The molecule has 1 saturated carbocycles. The van der Waals surface area contributed by atoms with Crippen LogP contribution in [0.15, 0.2) is 4.99 Å². The Hall–Kier alpha value is -0.770. The van der Waals surface area contributed by atoms with E-state index < -0.39 is 0 Å². The fourth-order valence-corrected chi connectivity index (χ4v) is 1.82. The van der Waals surface area contributed by atoms with Crippen molar-refractivity contribution >= 4 is 5.96 Å². The van der Waals surface area contributed by atoms with E-state index in [4.69, 9.17) is 4.74 Å². The first kappa shape index (κ1) is 15.3. The second-order valence-corrected chi connectivity index (χ2v) is 5.08. The van der Waals surface area contributed by atoms with Gasteiger partial charge in [-0.1, -0.05) is 26.7 Å². The second kappa shape index (κ2) is 9.20. The molecule has 18 heavy (non-hydrogen) atoms. The number of aliphatic imine (C=N–C) groups is 1. The molecule has 1 fully saturated rings. The molecule has 1 aliphatic rings. The molecule has 0 radical (unpaired) electrons. The molecule has 0 aromatic rings. The van der Waals surface area contributed by atoms with Crippen molar-refractivity contribution in [3.63, 3.8) is 0 Å². The van der Waals surface area contributed by atoms with E-state index in [0.29, 0.717) is 0 Å². The van der Waals surface area contributed by atoms with Crippen molar-refractivity contribution in [2.45, 2.75) is 39.5 Å². The van der Waals surface area contributed by atoms with Crippen LogP contribution in [0.2, 0.25) is 0 Å². The molecule has 4 heteroatoms. The van der Waals surface area contributed by atoms with Crippen LogP contribution in [0, 0.1) is 11.8 Å². The first-order chi connectivity index (χ1) is 8.80. The minimum Gasteiger partial charge on any atom is -0.379 e.